The van der Waals surface area contributed by atoms with Crippen LogP contribution in [0.15, 0.2) is 30.3 Å². The first-order chi connectivity index (χ1) is 8.13. The molecule has 7 heteroatoms. The summed E-state index contributed by atoms with van der Waals surface area (Å²) in [6.45, 7) is 0. The number of hydrogen-bond acceptors (Lipinski definition) is 5. The van der Waals surface area contributed by atoms with Crippen molar-refractivity contribution in [1.29, 1.82) is 0 Å². The molecular formula is C10H16BO5P. The van der Waals surface area contributed by atoms with Gasteiger partial charge in [-0.25, -0.2) is 0 Å². The topological polar surface area (TPSA) is 54.0 Å². The number of para-hydroxylation sites is 1. The van der Waals surface area contributed by atoms with Gasteiger partial charge in [0.1, 0.15) is 5.75 Å². The Kier molecular flexibility index (Phi) is 9.67. The SMILES string of the molecule is BC(=O)Oc1ccccc1.COP(OC)OC. The van der Waals surface area contributed by atoms with Gasteiger partial charge in [0.2, 0.25) is 13.7 Å². The van der Waals surface area contributed by atoms with Crippen molar-refractivity contribution in [3.63, 3.8) is 0 Å². The van der Waals surface area contributed by atoms with E-state index >= 15 is 0 Å². The Morgan fingerprint density at radius 2 is 1.53 bits per heavy atom. The van der Waals surface area contributed by atoms with Crippen LogP contribution in [0.4, 0.5) is 4.79 Å². The van der Waals surface area contributed by atoms with E-state index in [1.54, 1.807) is 33.5 Å². The maximum absolute atomic E-state index is 10.4. The van der Waals surface area contributed by atoms with Gasteiger partial charge in [-0.2, -0.15) is 0 Å². The number of carbonyl (C=O) groups excluding carboxylic acids is 1. The summed E-state index contributed by atoms with van der Waals surface area (Å²) in [5, 5.41) is 0. The molecule has 0 atom stereocenters. The molecule has 0 unspecified atom stereocenters. The summed E-state index contributed by atoms with van der Waals surface area (Å²) in [7, 11) is 4.95. The molecule has 5 nitrogen and oxygen atoms in total. The molecule has 1 rings (SSSR count). The molecule has 17 heavy (non-hydrogen) atoms. The highest BCUT2D eigenvalue weighted by atomic mass is 31.2. The van der Waals surface area contributed by atoms with Crippen molar-refractivity contribution in [3.8, 4) is 5.75 Å². The monoisotopic (exact) mass is 258 g/mol. The quantitative estimate of drug-likeness (QED) is 0.610. The molecule has 0 bridgehead atoms. The van der Waals surface area contributed by atoms with Crippen LogP contribution in [-0.2, 0) is 13.6 Å². The van der Waals surface area contributed by atoms with Crippen molar-refractivity contribution in [2.75, 3.05) is 21.3 Å². The largest absolute Gasteiger partial charge is 0.435 e. The molecule has 0 amide bonds. The molecule has 1 aromatic rings. The normalized spacial score (nSPS) is 9.41. The number of hydrogen-bond donors (Lipinski definition) is 0. The average Bonchev–Trinajstić information content (AvgIpc) is 2.32. The fourth-order valence-electron chi connectivity index (χ4n) is 0.878. The standard InChI is InChI=1S/C7H7BO2.C3H9O3P/c8-7(9)10-6-4-2-1-3-5-6;1-4-7(5-2)6-3/h1-5H,8H2;1-3H3. The van der Waals surface area contributed by atoms with Crippen molar-refractivity contribution < 1.29 is 23.1 Å². The Morgan fingerprint density at radius 1 is 1.06 bits per heavy atom. The molecule has 0 fully saturated rings. The second kappa shape index (κ2) is 10.2. The lowest BCUT2D eigenvalue weighted by Crippen LogP contribution is -2.03. The van der Waals surface area contributed by atoms with Crippen molar-refractivity contribution in [2.24, 2.45) is 0 Å². The van der Waals surface area contributed by atoms with E-state index in [0.717, 1.165) is 0 Å². The Labute approximate surface area is 103 Å². The van der Waals surface area contributed by atoms with Crippen LogP contribution >= 0.6 is 8.60 Å². The number of rotatable bonds is 4. The Hall–Kier alpha value is -0.935. The molecule has 94 valence electrons. The molecule has 1 aromatic carbocycles. The Morgan fingerprint density at radius 3 is 1.82 bits per heavy atom. The minimum absolute atomic E-state index is 0.286. The van der Waals surface area contributed by atoms with Gasteiger partial charge in [-0.3, -0.25) is 4.79 Å². The fourth-order valence-corrected chi connectivity index (χ4v) is 1.33. The molecule has 0 aromatic heterocycles. The van der Waals surface area contributed by atoms with E-state index in [-0.39, 0.29) is 5.87 Å². The molecular weight excluding hydrogens is 242 g/mol. The van der Waals surface area contributed by atoms with Gasteiger partial charge in [-0.05, 0) is 12.1 Å². The van der Waals surface area contributed by atoms with Crippen LogP contribution in [0.2, 0.25) is 0 Å². The van der Waals surface area contributed by atoms with Crippen LogP contribution in [0.3, 0.4) is 0 Å². The summed E-state index contributed by atoms with van der Waals surface area (Å²) >= 11 is 0. The summed E-state index contributed by atoms with van der Waals surface area (Å²) in [5.41, 5.74) is 0. The summed E-state index contributed by atoms with van der Waals surface area (Å²) < 4.78 is 18.8. The molecule has 0 radical (unpaired) electrons. The van der Waals surface area contributed by atoms with Gasteiger partial charge >= 0.3 is 8.60 Å². The zero-order chi connectivity index (χ0) is 13.1. The van der Waals surface area contributed by atoms with Gasteiger partial charge in [0.05, 0.1) is 0 Å². The van der Waals surface area contributed by atoms with E-state index in [4.69, 9.17) is 4.74 Å². The van der Waals surface area contributed by atoms with E-state index in [9.17, 15) is 4.79 Å². The third-order valence-corrected chi connectivity index (χ3v) is 2.35. The molecule has 0 heterocycles. The number of ether oxygens (including phenoxy) is 1. The van der Waals surface area contributed by atoms with Crippen LogP contribution in [0.5, 0.6) is 5.75 Å². The van der Waals surface area contributed by atoms with E-state index in [1.807, 2.05) is 18.2 Å². The van der Waals surface area contributed by atoms with Crippen molar-refractivity contribution >= 4 is 22.3 Å². The highest BCUT2D eigenvalue weighted by Crippen LogP contribution is 2.35. The highest BCUT2D eigenvalue weighted by molar-refractivity contribution is 7.41. The Bertz CT molecular complexity index is 299. The molecule has 0 spiro atoms. The summed E-state index contributed by atoms with van der Waals surface area (Å²) in [6.07, 6.45) is 0. The predicted molar refractivity (Wildman–Crippen MR) is 69.0 cm³/mol. The second-order valence-corrected chi connectivity index (χ2v) is 4.22. The van der Waals surface area contributed by atoms with Crippen LogP contribution in [0.25, 0.3) is 0 Å². The lowest BCUT2D eigenvalue weighted by Gasteiger charge is -2.05. The van der Waals surface area contributed by atoms with Crippen LogP contribution in [0, 0.1) is 0 Å². The van der Waals surface area contributed by atoms with E-state index in [1.165, 1.54) is 7.85 Å². The molecule has 0 N–H and O–H groups in total. The van der Waals surface area contributed by atoms with Gasteiger partial charge in [-0.15, -0.1) is 0 Å². The van der Waals surface area contributed by atoms with Crippen molar-refractivity contribution in [3.05, 3.63) is 30.3 Å². The van der Waals surface area contributed by atoms with Crippen LogP contribution in [-0.4, -0.2) is 35.0 Å². The van der Waals surface area contributed by atoms with Gasteiger partial charge < -0.3 is 18.3 Å². The fraction of sp³-hybridized carbons (Fsp3) is 0.300. The van der Waals surface area contributed by atoms with E-state index in [0.29, 0.717) is 5.75 Å². The maximum atomic E-state index is 10.4. The van der Waals surface area contributed by atoms with Gasteiger partial charge in [0.25, 0.3) is 0 Å². The lowest BCUT2D eigenvalue weighted by molar-refractivity contribution is 0.225. The van der Waals surface area contributed by atoms with E-state index < -0.39 is 8.60 Å². The zero-order valence-electron chi connectivity index (χ0n) is 10.4. The summed E-state index contributed by atoms with van der Waals surface area (Å²) in [6, 6.07) is 8.98. The molecule has 0 aliphatic rings. The van der Waals surface area contributed by atoms with Gasteiger partial charge in [0, 0.05) is 21.3 Å². The third-order valence-electron chi connectivity index (χ3n) is 1.45. The lowest BCUT2D eigenvalue weighted by atomic mass is 10.2. The first kappa shape index (κ1) is 16.1. The first-order valence-corrected chi connectivity index (χ1v) is 5.89. The minimum Gasteiger partial charge on any atom is -0.435 e. The van der Waals surface area contributed by atoms with Crippen LogP contribution in [0.1, 0.15) is 0 Å². The maximum Gasteiger partial charge on any atom is 0.331 e. The van der Waals surface area contributed by atoms with Crippen molar-refractivity contribution in [2.45, 2.75) is 0 Å². The number of benzene rings is 1. The second-order valence-electron chi connectivity index (χ2n) is 2.68. The Balaban J connectivity index is 0.000000325. The number of carbonyl (C=O) groups is 1. The highest BCUT2D eigenvalue weighted by Gasteiger charge is 2.00. The van der Waals surface area contributed by atoms with Crippen LogP contribution < -0.4 is 4.74 Å². The molecule has 0 saturated heterocycles. The van der Waals surface area contributed by atoms with E-state index in [2.05, 4.69) is 13.6 Å². The summed E-state index contributed by atoms with van der Waals surface area (Å²) in [4.78, 5) is 10.4. The van der Waals surface area contributed by atoms with Gasteiger partial charge in [-0.1, -0.05) is 18.2 Å². The first-order valence-electron chi connectivity index (χ1n) is 4.80. The zero-order valence-corrected chi connectivity index (χ0v) is 11.3. The molecule has 0 saturated carbocycles. The minimum atomic E-state index is -1.05. The third kappa shape index (κ3) is 8.83. The molecule has 0 aliphatic heterocycles. The van der Waals surface area contributed by atoms with Gasteiger partial charge in [0.15, 0.2) is 0 Å². The molecule has 0 aliphatic carbocycles. The van der Waals surface area contributed by atoms with Crippen molar-refractivity contribution in [1.82, 2.24) is 0 Å². The summed E-state index contributed by atoms with van der Waals surface area (Å²) in [5.74, 6) is 0.307. The smallest absolute Gasteiger partial charge is 0.331 e. The average molecular weight is 258 g/mol. The predicted octanol–water partition coefficient (Wildman–Crippen LogP) is 1.97.